The Hall–Kier alpha value is -1.33. The molecule has 1 N–H and O–H groups in total. The first-order valence-electron chi connectivity index (χ1n) is 7.72. The summed E-state index contributed by atoms with van der Waals surface area (Å²) in [5.41, 5.74) is 0.646. The second kappa shape index (κ2) is 6.62. The minimum Gasteiger partial charge on any atom is -0.503 e. The first kappa shape index (κ1) is 16.0. The smallest absolute Gasteiger partial charge is 0.223 e. The van der Waals surface area contributed by atoms with Crippen LogP contribution in [-0.4, -0.2) is 39.9 Å². The molecule has 1 aromatic rings. The molecular formula is C16H26N2O3. The van der Waals surface area contributed by atoms with E-state index >= 15 is 0 Å². The first-order chi connectivity index (χ1) is 9.90. The summed E-state index contributed by atoms with van der Waals surface area (Å²) >= 11 is 0. The van der Waals surface area contributed by atoms with Crippen LogP contribution in [-0.2, 0) is 11.3 Å². The highest BCUT2D eigenvalue weighted by molar-refractivity contribution is 5.21. The monoisotopic (exact) mass is 294 g/mol. The number of nitrogens with zero attached hydrogens (tertiary/aromatic N) is 2. The molecular weight excluding hydrogens is 268 g/mol. The average Bonchev–Trinajstić information content (AvgIpc) is 2.40. The van der Waals surface area contributed by atoms with Gasteiger partial charge in [-0.2, -0.15) is 0 Å². The minimum atomic E-state index is -0.307. The highest BCUT2D eigenvalue weighted by Gasteiger charge is 2.23. The van der Waals surface area contributed by atoms with Crippen molar-refractivity contribution >= 4 is 0 Å². The van der Waals surface area contributed by atoms with E-state index in [0.717, 1.165) is 25.2 Å². The highest BCUT2D eigenvalue weighted by atomic mass is 16.5. The van der Waals surface area contributed by atoms with Crippen LogP contribution in [0.1, 0.15) is 45.9 Å². The molecule has 0 radical (unpaired) electrons. The fourth-order valence-corrected chi connectivity index (χ4v) is 2.95. The average molecular weight is 294 g/mol. The summed E-state index contributed by atoms with van der Waals surface area (Å²) in [5, 5.41) is 9.69. The quantitative estimate of drug-likeness (QED) is 0.924. The van der Waals surface area contributed by atoms with Crippen LogP contribution in [0.2, 0.25) is 0 Å². The van der Waals surface area contributed by atoms with Gasteiger partial charge in [-0.15, -0.1) is 0 Å². The second-order valence-electron chi connectivity index (χ2n) is 6.13. The minimum absolute atomic E-state index is 0.178. The number of hydrogen-bond acceptors (Lipinski definition) is 4. The Kier molecular flexibility index (Phi) is 5.06. The van der Waals surface area contributed by atoms with E-state index in [2.05, 4.69) is 32.6 Å². The van der Waals surface area contributed by atoms with Crippen molar-refractivity contribution in [3.63, 3.8) is 0 Å². The van der Waals surface area contributed by atoms with Crippen LogP contribution in [0.3, 0.4) is 0 Å². The van der Waals surface area contributed by atoms with Gasteiger partial charge < -0.3 is 14.4 Å². The van der Waals surface area contributed by atoms with E-state index in [9.17, 15) is 9.90 Å². The van der Waals surface area contributed by atoms with E-state index in [0.29, 0.717) is 6.54 Å². The number of ether oxygens (including phenoxy) is 1. The number of pyridine rings is 1. The molecule has 0 aromatic carbocycles. The number of morpholine rings is 1. The summed E-state index contributed by atoms with van der Waals surface area (Å²) in [5.74, 6) is -0.178. The number of hydrogen-bond donors (Lipinski definition) is 1. The van der Waals surface area contributed by atoms with Gasteiger partial charge in [-0.3, -0.25) is 9.69 Å². The molecule has 1 fully saturated rings. The maximum absolute atomic E-state index is 11.8. The van der Waals surface area contributed by atoms with Crippen LogP contribution in [0, 0.1) is 0 Å². The molecule has 5 nitrogen and oxygen atoms in total. The Balaban J connectivity index is 2.26. The third kappa shape index (κ3) is 3.86. The summed E-state index contributed by atoms with van der Waals surface area (Å²) < 4.78 is 7.76. The Morgan fingerprint density at radius 2 is 2.00 bits per heavy atom. The van der Waals surface area contributed by atoms with Crippen LogP contribution in [0.4, 0.5) is 0 Å². The van der Waals surface area contributed by atoms with Gasteiger partial charge in [0.1, 0.15) is 0 Å². The molecule has 1 aliphatic rings. The summed E-state index contributed by atoms with van der Waals surface area (Å²) in [6, 6.07) is 1.81. The van der Waals surface area contributed by atoms with Gasteiger partial charge in [0.05, 0.1) is 18.4 Å². The summed E-state index contributed by atoms with van der Waals surface area (Å²) in [6.07, 6.45) is 2.92. The molecule has 1 aromatic heterocycles. The van der Waals surface area contributed by atoms with Crippen molar-refractivity contribution in [2.24, 2.45) is 0 Å². The zero-order chi connectivity index (χ0) is 15.6. The first-order valence-corrected chi connectivity index (χ1v) is 7.72. The largest absolute Gasteiger partial charge is 0.503 e. The Morgan fingerprint density at radius 1 is 1.38 bits per heavy atom. The molecule has 0 aliphatic carbocycles. The summed E-state index contributed by atoms with van der Waals surface area (Å²) in [4.78, 5) is 14.1. The molecule has 3 unspecified atom stereocenters. The molecule has 21 heavy (non-hydrogen) atoms. The van der Waals surface area contributed by atoms with Crippen LogP contribution in [0.25, 0.3) is 0 Å². The van der Waals surface area contributed by atoms with Crippen molar-refractivity contribution in [1.82, 2.24) is 9.47 Å². The van der Waals surface area contributed by atoms with Crippen LogP contribution in [0.5, 0.6) is 5.75 Å². The zero-order valence-electron chi connectivity index (χ0n) is 13.4. The zero-order valence-corrected chi connectivity index (χ0v) is 13.4. The van der Waals surface area contributed by atoms with Crippen LogP contribution >= 0.6 is 0 Å². The van der Waals surface area contributed by atoms with E-state index in [1.165, 1.54) is 0 Å². The Bertz CT molecular complexity index is 531. The van der Waals surface area contributed by atoms with Crippen molar-refractivity contribution in [3.05, 3.63) is 28.2 Å². The predicted molar refractivity (Wildman–Crippen MR) is 82.7 cm³/mol. The van der Waals surface area contributed by atoms with Gasteiger partial charge in [-0.05, 0) is 27.2 Å². The van der Waals surface area contributed by atoms with E-state index in [1.807, 2.05) is 4.57 Å². The molecule has 0 saturated carbocycles. The topological polar surface area (TPSA) is 54.7 Å². The van der Waals surface area contributed by atoms with Gasteiger partial charge in [0, 0.05) is 37.4 Å². The van der Waals surface area contributed by atoms with Crippen LogP contribution in [0.15, 0.2) is 17.1 Å². The molecule has 2 rings (SSSR count). The van der Waals surface area contributed by atoms with Gasteiger partial charge >= 0.3 is 0 Å². The SMILES string of the molecule is CCC(C)n1cc(O)c(=O)cc1CN1CC(C)OC(C)C1. The molecule has 3 atom stereocenters. The van der Waals surface area contributed by atoms with E-state index in [-0.39, 0.29) is 29.4 Å². The molecule has 1 saturated heterocycles. The van der Waals surface area contributed by atoms with Crippen molar-refractivity contribution in [2.75, 3.05) is 13.1 Å². The maximum atomic E-state index is 11.8. The normalized spacial score (nSPS) is 25.0. The number of aromatic nitrogens is 1. The van der Waals surface area contributed by atoms with Gasteiger partial charge in [0.15, 0.2) is 5.75 Å². The lowest BCUT2D eigenvalue weighted by molar-refractivity contribution is -0.0711. The molecule has 2 heterocycles. The van der Waals surface area contributed by atoms with Crippen molar-refractivity contribution in [1.29, 1.82) is 0 Å². The highest BCUT2D eigenvalue weighted by Crippen LogP contribution is 2.19. The van der Waals surface area contributed by atoms with Crippen molar-refractivity contribution in [2.45, 2.75) is 58.9 Å². The lowest BCUT2D eigenvalue weighted by Gasteiger charge is -2.36. The van der Waals surface area contributed by atoms with E-state index in [1.54, 1.807) is 12.3 Å². The third-order valence-corrected chi connectivity index (χ3v) is 4.09. The number of aromatic hydroxyl groups is 1. The van der Waals surface area contributed by atoms with Crippen molar-refractivity contribution in [3.8, 4) is 5.75 Å². The van der Waals surface area contributed by atoms with E-state index in [4.69, 9.17) is 4.74 Å². The summed E-state index contributed by atoms with van der Waals surface area (Å²) in [6.45, 7) is 10.8. The Labute approximate surface area is 126 Å². The number of rotatable bonds is 4. The van der Waals surface area contributed by atoms with Gasteiger partial charge in [0.2, 0.25) is 5.43 Å². The third-order valence-electron chi connectivity index (χ3n) is 4.09. The lowest BCUT2D eigenvalue weighted by Crippen LogP contribution is -2.45. The van der Waals surface area contributed by atoms with Gasteiger partial charge in [0.25, 0.3) is 0 Å². The molecule has 5 heteroatoms. The Morgan fingerprint density at radius 3 is 2.57 bits per heavy atom. The van der Waals surface area contributed by atoms with Gasteiger partial charge in [-0.25, -0.2) is 0 Å². The second-order valence-corrected chi connectivity index (χ2v) is 6.13. The molecule has 1 aliphatic heterocycles. The molecule has 0 amide bonds. The van der Waals surface area contributed by atoms with Gasteiger partial charge in [-0.1, -0.05) is 6.92 Å². The maximum Gasteiger partial charge on any atom is 0.223 e. The summed E-state index contributed by atoms with van der Waals surface area (Å²) in [7, 11) is 0. The molecule has 118 valence electrons. The standard InChI is InChI=1S/C16H26N2O3/c1-5-11(2)18-10-16(20)15(19)6-14(18)9-17-7-12(3)21-13(4)8-17/h6,10-13,20H,5,7-9H2,1-4H3. The fraction of sp³-hybridized carbons (Fsp3) is 0.688. The predicted octanol–water partition coefficient (Wildman–Crippen LogP) is 2.13. The van der Waals surface area contributed by atoms with Crippen molar-refractivity contribution < 1.29 is 9.84 Å². The molecule has 0 spiro atoms. The van der Waals surface area contributed by atoms with Crippen LogP contribution < -0.4 is 5.43 Å². The van der Waals surface area contributed by atoms with E-state index < -0.39 is 0 Å². The lowest BCUT2D eigenvalue weighted by atomic mass is 10.2. The molecule has 0 bridgehead atoms. The fourth-order valence-electron chi connectivity index (χ4n) is 2.95.